The SMILES string of the molecule is CC1C=CC=CC=CSO1. The summed E-state index contributed by atoms with van der Waals surface area (Å²) in [6, 6.07) is 0. The summed E-state index contributed by atoms with van der Waals surface area (Å²) in [6.07, 6.45) is 10.1. The van der Waals surface area contributed by atoms with Gasteiger partial charge < -0.3 is 4.18 Å². The van der Waals surface area contributed by atoms with E-state index >= 15 is 0 Å². The Labute approximate surface area is 65.7 Å². The highest BCUT2D eigenvalue weighted by Crippen LogP contribution is 2.10. The molecular formula is C8H10OS. The average Bonchev–Trinajstić information content (AvgIpc) is 2.02. The van der Waals surface area contributed by atoms with E-state index in [1.165, 1.54) is 12.0 Å². The van der Waals surface area contributed by atoms with Gasteiger partial charge in [0, 0.05) is 12.0 Å². The maximum atomic E-state index is 5.27. The summed E-state index contributed by atoms with van der Waals surface area (Å²) in [6.45, 7) is 2.01. The summed E-state index contributed by atoms with van der Waals surface area (Å²) in [5.41, 5.74) is 0. The minimum atomic E-state index is 0.192. The molecule has 1 aliphatic heterocycles. The van der Waals surface area contributed by atoms with Crippen LogP contribution in [0.3, 0.4) is 0 Å². The molecule has 1 rings (SSSR count). The van der Waals surface area contributed by atoms with Crippen molar-refractivity contribution in [2.45, 2.75) is 13.0 Å². The molecule has 0 spiro atoms. The lowest BCUT2D eigenvalue weighted by Crippen LogP contribution is -1.95. The van der Waals surface area contributed by atoms with Gasteiger partial charge in [-0.3, -0.25) is 0 Å². The van der Waals surface area contributed by atoms with Gasteiger partial charge in [-0.25, -0.2) is 0 Å². The van der Waals surface area contributed by atoms with E-state index in [2.05, 4.69) is 0 Å². The minimum Gasteiger partial charge on any atom is -0.304 e. The molecule has 0 radical (unpaired) electrons. The monoisotopic (exact) mass is 154 g/mol. The molecule has 0 saturated heterocycles. The molecule has 0 N–H and O–H groups in total. The van der Waals surface area contributed by atoms with E-state index in [9.17, 15) is 0 Å². The molecule has 0 aromatic carbocycles. The lowest BCUT2D eigenvalue weighted by Gasteiger charge is -2.01. The van der Waals surface area contributed by atoms with Gasteiger partial charge in [0.25, 0.3) is 0 Å². The molecule has 2 heteroatoms. The second-order valence-electron chi connectivity index (χ2n) is 2.00. The van der Waals surface area contributed by atoms with Gasteiger partial charge in [-0.05, 0) is 12.3 Å². The highest BCUT2D eigenvalue weighted by Gasteiger charge is 1.93. The van der Waals surface area contributed by atoms with Crippen LogP contribution >= 0.6 is 12.0 Å². The fourth-order valence-corrected chi connectivity index (χ4v) is 1.04. The first-order valence-corrected chi connectivity index (χ1v) is 4.02. The van der Waals surface area contributed by atoms with Gasteiger partial charge >= 0.3 is 0 Å². The van der Waals surface area contributed by atoms with E-state index in [4.69, 9.17) is 4.18 Å². The van der Waals surface area contributed by atoms with E-state index in [0.29, 0.717) is 0 Å². The first-order valence-electron chi connectivity index (χ1n) is 3.22. The second kappa shape index (κ2) is 4.36. The van der Waals surface area contributed by atoms with Crippen molar-refractivity contribution in [1.29, 1.82) is 0 Å². The van der Waals surface area contributed by atoms with Crippen LogP contribution in [0.25, 0.3) is 0 Å². The van der Waals surface area contributed by atoms with E-state index in [0.717, 1.165) is 0 Å². The van der Waals surface area contributed by atoms with Crippen molar-refractivity contribution in [2.75, 3.05) is 0 Å². The normalized spacial score (nSPS) is 25.5. The van der Waals surface area contributed by atoms with Crippen LogP contribution in [0.4, 0.5) is 0 Å². The molecule has 1 atom stereocenters. The predicted octanol–water partition coefficient (Wildman–Crippen LogP) is 2.68. The van der Waals surface area contributed by atoms with Crippen LogP contribution in [0.2, 0.25) is 0 Å². The lowest BCUT2D eigenvalue weighted by atomic mass is 10.3. The molecule has 1 aliphatic rings. The van der Waals surface area contributed by atoms with Gasteiger partial charge in [0.1, 0.15) is 0 Å². The smallest absolute Gasteiger partial charge is 0.0882 e. The average molecular weight is 154 g/mol. The zero-order valence-electron chi connectivity index (χ0n) is 5.86. The zero-order valence-corrected chi connectivity index (χ0v) is 6.67. The number of rotatable bonds is 0. The zero-order chi connectivity index (χ0) is 7.23. The van der Waals surface area contributed by atoms with Crippen LogP contribution in [0.5, 0.6) is 0 Å². The van der Waals surface area contributed by atoms with Crippen LogP contribution in [0.1, 0.15) is 6.92 Å². The summed E-state index contributed by atoms with van der Waals surface area (Å²) in [5, 5.41) is 1.92. The topological polar surface area (TPSA) is 9.23 Å². The molecule has 0 amide bonds. The second-order valence-corrected chi connectivity index (χ2v) is 2.65. The predicted molar refractivity (Wildman–Crippen MR) is 45.6 cm³/mol. The Morgan fingerprint density at radius 3 is 2.90 bits per heavy atom. The molecule has 0 aliphatic carbocycles. The lowest BCUT2D eigenvalue weighted by molar-refractivity contribution is 0.324. The van der Waals surface area contributed by atoms with Crippen molar-refractivity contribution in [3.05, 3.63) is 35.8 Å². The van der Waals surface area contributed by atoms with Gasteiger partial charge in [0.15, 0.2) is 0 Å². The van der Waals surface area contributed by atoms with E-state index < -0.39 is 0 Å². The van der Waals surface area contributed by atoms with Crippen molar-refractivity contribution in [3.63, 3.8) is 0 Å². The maximum Gasteiger partial charge on any atom is 0.0882 e. The van der Waals surface area contributed by atoms with Crippen molar-refractivity contribution in [3.8, 4) is 0 Å². The first kappa shape index (κ1) is 7.63. The van der Waals surface area contributed by atoms with E-state index in [-0.39, 0.29) is 6.10 Å². The first-order chi connectivity index (χ1) is 4.89. The highest BCUT2D eigenvalue weighted by molar-refractivity contribution is 7.97. The standard InChI is InChI=1S/C8H10OS/c1-8-6-4-2-3-5-7-10-9-8/h2-8H,1H3. The largest absolute Gasteiger partial charge is 0.304 e. The Bertz CT molecular complexity index is 170. The molecule has 0 saturated carbocycles. The third kappa shape index (κ3) is 2.90. The van der Waals surface area contributed by atoms with Crippen molar-refractivity contribution < 1.29 is 4.18 Å². The number of hydrogen-bond acceptors (Lipinski definition) is 2. The minimum absolute atomic E-state index is 0.192. The molecule has 54 valence electrons. The molecular weight excluding hydrogens is 144 g/mol. The van der Waals surface area contributed by atoms with Gasteiger partial charge in [-0.15, -0.1) is 0 Å². The van der Waals surface area contributed by atoms with Crippen LogP contribution in [0, 0.1) is 0 Å². The summed E-state index contributed by atoms with van der Waals surface area (Å²) >= 11 is 1.37. The molecule has 1 heterocycles. The van der Waals surface area contributed by atoms with Gasteiger partial charge in [0.05, 0.1) is 6.10 Å². The summed E-state index contributed by atoms with van der Waals surface area (Å²) < 4.78 is 5.27. The number of hydrogen-bond donors (Lipinski definition) is 0. The summed E-state index contributed by atoms with van der Waals surface area (Å²) in [5.74, 6) is 0. The molecule has 0 bridgehead atoms. The summed E-state index contributed by atoms with van der Waals surface area (Å²) in [4.78, 5) is 0. The van der Waals surface area contributed by atoms with Crippen LogP contribution in [-0.4, -0.2) is 6.10 Å². The molecule has 0 aromatic rings. The highest BCUT2D eigenvalue weighted by atomic mass is 32.2. The molecule has 0 fully saturated rings. The van der Waals surface area contributed by atoms with Gasteiger partial charge in [-0.1, -0.05) is 30.4 Å². The Morgan fingerprint density at radius 1 is 1.20 bits per heavy atom. The van der Waals surface area contributed by atoms with Crippen molar-refractivity contribution in [2.24, 2.45) is 0 Å². The Balaban J connectivity index is 2.54. The van der Waals surface area contributed by atoms with E-state index in [1.54, 1.807) is 0 Å². The maximum absolute atomic E-state index is 5.27. The number of allylic oxidation sites excluding steroid dienone is 4. The Kier molecular flexibility index (Phi) is 3.33. The third-order valence-electron chi connectivity index (χ3n) is 1.06. The van der Waals surface area contributed by atoms with Crippen molar-refractivity contribution in [1.82, 2.24) is 0 Å². The van der Waals surface area contributed by atoms with E-state index in [1.807, 2.05) is 42.7 Å². The van der Waals surface area contributed by atoms with Crippen molar-refractivity contribution >= 4 is 12.0 Å². The van der Waals surface area contributed by atoms with Crippen LogP contribution < -0.4 is 0 Å². The van der Waals surface area contributed by atoms with Gasteiger partial charge in [0.2, 0.25) is 0 Å². The molecule has 10 heavy (non-hydrogen) atoms. The van der Waals surface area contributed by atoms with Crippen LogP contribution in [0.15, 0.2) is 35.8 Å². The van der Waals surface area contributed by atoms with Crippen LogP contribution in [-0.2, 0) is 4.18 Å². The molecule has 1 unspecified atom stereocenters. The quantitative estimate of drug-likeness (QED) is 0.496. The molecule has 1 nitrogen and oxygen atoms in total. The fourth-order valence-electron chi connectivity index (χ4n) is 0.578. The molecule has 0 aromatic heterocycles. The summed E-state index contributed by atoms with van der Waals surface area (Å²) in [7, 11) is 0. The Morgan fingerprint density at radius 2 is 2.00 bits per heavy atom. The fraction of sp³-hybridized carbons (Fsp3) is 0.250. The van der Waals surface area contributed by atoms with Gasteiger partial charge in [-0.2, -0.15) is 0 Å². The third-order valence-corrected chi connectivity index (χ3v) is 1.74. The Hall–Kier alpha value is -0.470.